The van der Waals surface area contributed by atoms with Crippen molar-refractivity contribution in [2.75, 3.05) is 31.1 Å². The Kier molecular flexibility index (Phi) is 7.00. The molecule has 0 unspecified atom stereocenters. The summed E-state index contributed by atoms with van der Waals surface area (Å²) in [5.41, 5.74) is 0.700. The standard InChI is InChI=1S/C19H27N3O4/c1-14(2)21(15(3)23)11-6-10-20-18(24)9-12-22-16-7-4-5-8-17(16)26-13-19(22)25/h4-5,7-8,14H,6,9-13H2,1-3H3,(H,20,24). The Morgan fingerprint density at radius 1 is 1.31 bits per heavy atom. The summed E-state index contributed by atoms with van der Waals surface area (Å²) in [4.78, 5) is 39.0. The lowest BCUT2D eigenvalue weighted by Gasteiger charge is -2.29. The maximum atomic E-state index is 12.1. The molecule has 0 bridgehead atoms. The third-order valence-corrected chi connectivity index (χ3v) is 4.30. The van der Waals surface area contributed by atoms with E-state index in [0.717, 1.165) is 0 Å². The summed E-state index contributed by atoms with van der Waals surface area (Å²) in [6, 6.07) is 7.46. The number of rotatable bonds is 8. The fourth-order valence-electron chi connectivity index (χ4n) is 2.96. The van der Waals surface area contributed by atoms with Crippen molar-refractivity contribution in [1.29, 1.82) is 0 Å². The third-order valence-electron chi connectivity index (χ3n) is 4.30. The van der Waals surface area contributed by atoms with Gasteiger partial charge in [-0.2, -0.15) is 0 Å². The zero-order chi connectivity index (χ0) is 19.1. The van der Waals surface area contributed by atoms with E-state index >= 15 is 0 Å². The summed E-state index contributed by atoms with van der Waals surface area (Å²) >= 11 is 0. The highest BCUT2D eigenvalue weighted by Gasteiger charge is 2.25. The van der Waals surface area contributed by atoms with Crippen molar-refractivity contribution >= 4 is 23.4 Å². The number of hydrogen-bond acceptors (Lipinski definition) is 4. The van der Waals surface area contributed by atoms with Crippen LogP contribution in [0.15, 0.2) is 24.3 Å². The first-order valence-corrected chi connectivity index (χ1v) is 8.96. The van der Waals surface area contributed by atoms with Crippen LogP contribution in [0.5, 0.6) is 5.75 Å². The van der Waals surface area contributed by atoms with Crippen LogP contribution < -0.4 is 15.0 Å². The minimum absolute atomic E-state index is 0.00524. The van der Waals surface area contributed by atoms with Crippen molar-refractivity contribution in [2.24, 2.45) is 0 Å². The molecule has 1 N–H and O–H groups in total. The van der Waals surface area contributed by atoms with Crippen molar-refractivity contribution in [3.05, 3.63) is 24.3 Å². The maximum absolute atomic E-state index is 12.1. The van der Waals surface area contributed by atoms with Crippen molar-refractivity contribution in [3.63, 3.8) is 0 Å². The number of benzene rings is 1. The van der Waals surface area contributed by atoms with Crippen LogP contribution in [0.25, 0.3) is 0 Å². The minimum atomic E-state index is -0.148. The van der Waals surface area contributed by atoms with Gasteiger partial charge >= 0.3 is 0 Å². The van der Waals surface area contributed by atoms with Crippen LogP contribution in [0.3, 0.4) is 0 Å². The smallest absolute Gasteiger partial charge is 0.265 e. The van der Waals surface area contributed by atoms with E-state index in [4.69, 9.17) is 4.74 Å². The van der Waals surface area contributed by atoms with Crippen LogP contribution in [-0.2, 0) is 14.4 Å². The van der Waals surface area contributed by atoms with Gasteiger partial charge in [0.1, 0.15) is 5.75 Å². The second-order valence-electron chi connectivity index (χ2n) is 6.56. The fourth-order valence-corrected chi connectivity index (χ4v) is 2.96. The molecule has 0 spiro atoms. The molecule has 0 radical (unpaired) electrons. The van der Waals surface area contributed by atoms with E-state index in [0.29, 0.717) is 37.5 Å². The van der Waals surface area contributed by atoms with Gasteiger partial charge in [-0.3, -0.25) is 14.4 Å². The molecule has 1 heterocycles. The highest BCUT2D eigenvalue weighted by Crippen LogP contribution is 2.31. The zero-order valence-electron chi connectivity index (χ0n) is 15.7. The number of carbonyl (C=O) groups is 3. The average Bonchev–Trinajstić information content (AvgIpc) is 2.60. The topological polar surface area (TPSA) is 79.0 Å². The van der Waals surface area contributed by atoms with Gasteiger partial charge in [0.25, 0.3) is 5.91 Å². The molecule has 1 aromatic rings. The first-order valence-electron chi connectivity index (χ1n) is 8.96. The molecule has 0 saturated heterocycles. The number of hydrogen-bond donors (Lipinski definition) is 1. The number of amides is 3. The monoisotopic (exact) mass is 361 g/mol. The maximum Gasteiger partial charge on any atom is 0.265 e. The lowest BCUT2D eigenvalue weighted by molar-refractivity contribution is -0.130. The minimum Gasteiger partial charge on any atom is -0.482 e. The predicted molar refractivity (Wildman–Crippen MR) is 99.1 cm³/mol. The molecule has 1 aromatic carbocycles. The zero-order valence-corrected chi connectivity index (χ0v) is 15.7. The molecule has 1 aliphatic rings. The molecule has 7 nitrogen and oxygen atoms in total. The SMILES string of the molecule is CC(=O)N(CCCNC(=O)CCN1C(=O)COc2ccccc21)C(C)C. The molecular weight excluding hydrogens is 334 g/mol. The summed E-state index contributed by atoms with van der Waals surface area (Å²) in [6.07, 6.45) is 0.920. The molecule has 0 saturated carbocycles. The average molecular weight is 361 g/mol. The summed E-state index contributed by atoms with van der Waals surface area (Å²) in [5.74, 6) is 0.438. The number of nitrogens with zero attached hydrogens (tertiary/aromatic N) is 2. The Morgan fingerprint density at radius 2 is 2.04 bits per heavy atom. The Bertz CT molecular complexity index is 660. The molecule has 0 aliphatic carbocycles. The Labute approximate surface area is 154 Å². The lowest BCUT2D eigenvalue weighted by Crippen LogP contribution is -2.41. The molecule has 0 atom stereocenters. The summed E-state index contributed by atoms with van der Waals surface area (Å²) < 4.78 is 5.39. The van der Waals surface area contributed by atoms with Crippen molar-refractivity contribution in [3.8, 4) is 5.75 Å². The highest BCUT2D eigenvalue weighted by molar-refractivity contribution is 5.98. The van der Waals surface area contributed by atoms with E-state index in [1.54, 1.807) is 16.7 Å². The molecule has 26 heavy (non-hydrogen) atoms. The van der Waals surface area contributed by atoms with Gasteiger partial charge in [0.05, 0.1) is 5.69 Å². The first kappa shape index (κ1) is 19.8. The van der Waals surface area contributed by atoms with E-state index in [1.807, 2.05) is 38.1 Å². The van der Waals surface area contributed by atoms with Gasteiger partial charge in [-0.1, -0.05) is 12.1 Å². The van der Waals surface area contributed by atoms with Gasteiger partial charge in [0.2, 0.25) is 11.8 Å². The molecule has 3 amide bonds. The Morgan fingerprint density at radius 3 is 2.73 bits per heavy atom. The molecule has 7 heteroatoms. The van der Waals surface area contributed by atoms with Crippen LogP contribution in [-0.4, -0.2) is 54.9 Å². The molecule has 2 rings (SSSR count). The van der Waals surface area contributed by atoms with Gasteiger partial charge in [-0.05, 0) is 32.4 Å². The van der Waals surface area contributed by atoms with E-state index in [-0.39, 0.29) is 36.8 Å². The summed E-state index contributed by atoms with van der Waals surface area (Å²) in [7, 11) is 0. The molecule has 1 aliphatic heterocycles. The summed E-state index contributed by atoms with van der Waals surface area (Å²) in [5, 5.41) is 2.85. The number of carbonyl (C=O) groups excluding carboxylic acids is 3. The fraction of sp³-hybridized carbons (Fsp3) is 0.526. The van der Waals surface area contributed by atoms with Gasteiger partial charge in [-0.15, -0.1) is 0 Å². The van der Waals surface area contributed by atoms with Crippen LogP contribution in [0.1, 0.15) is 33.6 Å². The summed E-state index contributed by atoms with van der Waals surface area (Å²) in [6.45, 7) is 6.92. The number of ether oxygens (including phenoxy) is 1. The van der Waals surface area contributed by atoms with Crippen LogP contribution in [0.4, 0.5) is 5.69 Å². The predicted octanol–water partition coefficient (Wildman–Crippen LogP) is 1.57. The highest BCUT2D eigenvalue weighted by atomic mass is 16.5. The number of anilines is 1. The van der Waals surface area contributed by atoms with Gasteiger partial charge in [0.15, 0.2) is 6.61 Å². The van der Waals surface area contributed by atoms with Crippen molar-refractivity contribution < 1.29 is 19.1 Å². The van der Waals surface area contributed by atoms with Crippen LogP contribution in [0, 0.1) is 0 Å². The first-order chi connectivity index (χ1) is 12.4. The normalized spacial score (nSPS) is 13.2. The number of nitrogens with one attached hydrogen (secondary N) is 1. The molecule has 0 aromatic heterocycles. The largest absolute Gasteiger partial charge is 0.482 e. The van der Waals surface area contributed by atoms with E-state index in [2.05, 4.69) is 5.32 Å². The second-order valence-corrected chi connectivity index (χ2v) is 6.56. The second kappa shape index (κ2) is 9.22. The number of para-hydroxylation sites is 2. The third kappa shape index (κ3) is 5.21. The van der Waals surface area contributed by atoms with E-state index in [1.165, 1.54) is 0 Å². The molecule has 0 fully saturated rings. The molecular formula is C19H27N3O4. The van der Waals surface area contributed by atoms with Crippen LogP contribution in [0.2, 0.25) is 0 Å². The van der Waals surface area contributed by atoms with E-state index < -0.39 is 0 Å². The van der Waals surface area contributed by atoms with Gasteiger partial charge in [0, 0.05) is 39.0 Å². The van der Waals surface area contributed by atoms with Gasteiger partial charge in [-0.25, -0.2) is 0 Å². The number of fused-ring (bicyclic) bond motifs is 1. The Balaban J connectivity index is 1.75. The lowest BCUT2D eigenvalue weighted by atomic mass is 10.2. The van der Waals surface area contributed by atoms with Crippen molar-refractivity contribution in [1.82, 2.24) is 10.2 Å². The van der Waals surface area contributed by atoms with E-state index in [9.17, 15) is 14.4 Å². The van der Waals surface area contributed by atoms with Crippen LogP contribution >= 0.6 is 0 Å². The Hall–Kier alpha value is -2.57. The molecule has 142 valence electrons. The van der Waals surface area contributed by atoms with Gasteiger partial charge < -0.3 is 19.9 Å². The quantitative estimate of drug-likeness (QED) is 0.713. The van der Waals surface area contributed by atoms with Crippen molar-refractivity contribution in [2.45, 2.75) is 39.7 Å².